The van der Waals surface area contributed by atoms with Gasteiger partial charge in [0.05, 0.1) is 7.11 Å². The van der Waals surface area contributed by atoms with Crippen molar-refractivity contribution in [1.82, 2.24) is 9.97 Å². The Labute approximate surface area is 118 Å². The second kappa shape index (κ2) is 5.79. The van der Waals surface area contributed by atoms with Gasteiger partial charge in [-0.25, -0.2) is 9.78 Å². The normalized spacial score (nSPS) is 10.1. The molecule has 0 bridgehead atoms. The molecule has 0 N–H and O–H groups in total. The van der Waals surface area contributed by atoms with Gasteiger partial charge in [-0.1, -0.05) is 15.9 Å². The van der Waals surface area contributed by atoms with Crippen molar-refractivity contribution in [2.24, 2.45) is 0 Å². The SMILES string of the molecule is COC(=O)c1nccc(Oc2ccc(Br)cc2C)n1. The maximum absolute atomic E-state index is 11.3. The summed E-state index contributed by atoms with van der Waals surface area (Å²) < 4.78 is 11.1. The smallest absolute Gasteiger partial charge is 0.376 e. The van der Waals surface area contributed by atoms with Gasteiger partial charge in [0.2, 0.25) is 11.7 Å². The van der Waals surface area contributed by atoms with E-state index in [0.717, 1.165) is 10.0 Å². The first-order valence-electron chi connectivity index (χ1n) is 5.45. The molecule has 0 spiro atoms. The molecule has 0 fully saturated rings. The number of aromatic nitrogens is 2. The van der Waals surface area contributed by atoms with Crippen molar-refractivity contribution < 1.29 is 14.3 Å². The van der Waals surface area contributed by atoms with Crippen molar-refractivity contribution in [2.75, 3.05) is 7.11 Å². The molecule has 98 valence electrons. The van der Waals surface area contributed by atoms with E-state index in [1.807, 2.05) is 25.1 Å². The van der Waals surface area contributed by atoms with Crippen molar-refractivity contribution in [1.29, 1.82) is 0 Å². The molecule has 2 rings (SSSR count). The van der Waals surface area contributed by atoms with E-state index in [-0.39, 0.29) is 5.82 Å². The fourth-order valence-electron chi connectivity index (χ4n) is 1.43. The summed E-state index contributed by atoms with van der Waals surface area (Å²) in [5.74, 6) is 0.325. The summed E-state index contributed by atoms with van der Waals surface area (Å²) in [5.41, 5.74) is 0.951. The number of halogens is 1. The third kappa shape index (κ3) is 3.29. The Hall–Kier alpha value is -1.95. The van der Waals surface area contributed by atoms with Crippen LogP contribution >= 0.6 is 15.9 Å². The summed E-state index contributed by atoms with van der Waals surface area (Å²) in [6.07, 6.45) is 1.45. The molecule has 0 aliphatic heterocycles. The maximum atomic E-state index is 11.3. The lowest BCUT2D eigenvalue weighted by atomic mass is 10.2. The van der Waals surface area contributed by atoms with Gasteiger partial charge in [-0.15, -0.1) is 0 Å². The van der Waals surface area contributed by atoms with E-state index < -0.39 is 5.97 Å². The number of aryl methyl sites for hydroxylation is 1. The number of hydrogen-bond acceptors (Lipinski definition) is 5. The molecule has 0 unspecified atom stereocenters. The number of esters is 1. The van der Waals surface area contributed by atoms with Gasteiger partial charge in [0.25, 0.3) is 0 Å². The van der Waals surface area contributed by atoms with Crippen LogP contribution in [0.25, 0.3) is 0 Å². The van der Waals surface area contributed by atoms with E-state index in [0.29, 0.717) is 11.6 Å². The molecular formula is C13H11BrN2O3. The number of ether oxygens (including phenoxy) is 2. The molecule has 2 aromatic rings. The minimum absolute atomic E-state index is 0.0326. The quantitative estimate of drug-likeness (QED) is 0.812. The van der Waals surface area contributed by atoms with Crippen LogP contribution in [0.15, 0.2) is 34.9 Å². The number of carbonyl (C=O) groups is 1. The molecule has 0 atom stereocenters. The standard InChI is InChI=1S/C13H11BrN2O3/c1-8-7-9(14)3-4-10(8)19-11-5-6-15-12(16-11)13(17)18-2/h3-7H,1-2H3. The summed E-state index contributed by atoms with van der Waals surface area (Å²) in [7, 11) is 1.28. The Kier molecular flexibility index (Phi) is 4.11. The number of rotatable bonds is 3. The topological polar surface area (TPSA) is 61.3 Å². The van der Waals surface area contributed by atoms with Crippen molar-refractivity contribution in [3.8, 4) is 11.6 Å². The van der Waals surface area contributed by atoms with Crippen LogP contribution in [-0.4, -0.2) is 23.0 Å². The van der Waals surface area contributed by atoms with Crippen LogP contribution in [0.2, 0.25) is 0 Å². The van der Waals surface area contributed by atoms with E-state index in [4.69, 9.17) is 4.74 Å². The van der Waals surface area contributed by atoms with Gasteiger partial charge >= 0.3 is 5.97 Å². The molecule has 5 nitrogen and oxygen atoms in total. The Morgan fingerprint density at radius 3 is 2.79 bits per heavy atom. The molecule has 1 aromatic carbocycles. The molecule has 0 saturated heterocycles. The van der Waals surface area contributed by atoms with Gasteiger partial charge in [-0.05, 0) is 30.7 Å². The lowest BCUT2D eigenvalue weighted by molar-refractivity contribution is 0.0585. The molecular weight excluding hydrogens is 312 g/mol. The molecule has 1 aromatic heterocycles. The summed E-state index contributed by atoms with van der Waals surface area (Å²) in [6.45, 7) is 1.92. The zero-order valence-corrected chi connectivity index (χ0v) is 12.0. The van der Waals surface area contributed by atoms with E-state index in [2.05, 4.69) is 30.6 Å². The van der Waals surface area contributed by atoms with Gasteiger partial charge in [-0.2, -0.15) is 4.98 Å². The number of benzene rings is 1. The number of carbonyl (C=O) groups excluding carboxylic acids is 1. The minimum atomic E-state index is -0.599. The third-order valence-corrected chi connectivity index (χ3v) is 2.84. The highest BCUT2D eigenvalue weighted by atomic mass is 79.9. The van der Waals surface area contributed by atoms with Crippen LogP contribution in [0.3, 0.4) is 0 Å². The largest absolute Gasteiger partial charge is 0.463 e. The van der Waals surface area contributed by atoms with E-state index in [1.54, 1.807) is 6.07 Å². The van der Waals surface area contributed by atoms with Gasteiger partial charge in [0.1, 0.15) is 5.75 Å². The van der Waals surface area contributed by atoms with Crippen molar-refractivity contribution in [3.63, 3.8) is 0 Å². The van der Waals surface area contributed by atoms with Crippen molar-refractivity contribution in [3.05, 3.63) is 46.3 Å². The first-order valence-corrected chi connectivity index (χ1v) is 6.25. The highest BCUT2D eigenvalue weighted by Crippen LogP contribution is 2.26. The molecule has 0 radical (unpaired) electrons. The molecule has 1 heterocycles. The van der Waals surface area contributed by atoms with Crippen LogP contribution in [-0.2, 0) is 4.74 Å². The summed E-state index contributed by atoms with van der Waals surface area (Å²) in [5, 5.41) is 0. The molecule has 19 heavy (non-hydrogen) atoms. The predicted octanol–water partition coefficient (Wildman–Crippen LogP) is 3.13. The Morgan fingerprint density at radius 1 is 1.32 bits per heavy atom. The zero-order chi connectivity index (χ0) is 13.8. The Morgan fingerprint density at radius 2 is 2.11 bits per heavy atom. The average molecular weight is 323 g/mol. The van der Waals surface area contributed by atoms with Crippen LogP contribution in [0.5, 0.6) is 11.6 Å². The van der Waals surface area contributed by atoms with Gasteiger partial charge in [0, 0.05) is 16.7 Å². The minimum Gasteiger partial charge on any atom is -0.463 e. The lowest BCUT2D eigenvalue weighted by Crippen LogP contribution is -2.07. The summed E-state index contributed by atoms with van der Waals surface area (Å²) in [6, 6.07) is 7.19. The third-order valence-electron chi connectivity index (χ3n) is 2.35. The molecule has 6 heteroatoms. The highest BCUT2D eigenvalue weighted by molar-refractivity contribution is 9.10. The Balaban J connectivity index is 2.26. The molecule has 0 aliphatic carbocycles. The van der Waals surface area contributed by atoms with Crippen LogP contribution < -0.4 is 4.74 Å². The number of hydrogen-bond donors (Lipinski definition) is 0. The number of methoxy groups -OCH3 is 1. The monoisotopic (exact) mass is 322 g/mol. The van der Waals surface area contributed by atoms with Crippen molar-refractivity contribution in [2.45, 2.75) is 6.92 Å². The highest BCUT2D eigenvalue weighted by Gasteiger charge is 2.11. The van der Waals surface area contributed by atoms with E-state index in [9.17, 15) is 4.79 Å². The fourth-order valence-corrected chi connectivity index (χ4v) is 1.90. The molecule has 0 saturated carbocycles. The average Bonchev–Trinajstić information content (AvgIpc) is 2.41. The maximum Gasteiger partial charge on any atom is 0.376 e. The Bertz CT molecular complexity index is 617. The fraction of sp³-hybridized carbons (Fsp3) is 0.154. The predicted molar refractivity (Wildman–Crippen MR) is 72.3 cm³/mol. The molecule has 0 amide bonds. The second-order valence-electron chi connectivity index (χ2n) is 3.72. The van der Waals surface area contributed by atoms with Crippen LogP contribution in [0.1, 0.15) is 16.2 Å². The first kappa shape index (κ1) is 13.5. The van der Waals surface area contributed by atoms with Crippen LogP contribution in [0, 0.1) is 6.92 Å². The molecule has 0 aliphatic rings. The summed E-state index contributed by atoms with van der Waals surface area (Å²) >= 11 is 3.38. The number of nitrogens with zero attached hydrogens (tertiary/aromatic N) is 2. The lowest BCUT2D eigenvalue weighted by Gasteiger charge is -2.08. The van der Waals surface area contributed by atoms with Gasteiger partial charge < -0.3 is 9.47 Å². The van der Waals surface area contributed by atoms with Gasteiger partial charge in [-0.3, -0.25) is 0 Å². The zero-order valence-electron chi connectivity index (χ0n) is 10.4. The second-order valence-corrected chi connectivity index (χ2v) is 4.64. The van der Waals surface area contributed by atoms with Crippen LogP contribution in [0.4, 0.5) is 0 Å². The van der Waals surface area contributed by atoms with Crippen molar-refractivity contribution >= 4 is 21.9 Å². The first-order chi connectivity index (χ1) is 9.10. The van der Waals surface area contributed by atoms with E-state index >= 15 is 0 Å². The van der Waals surface area contributed by atoms with Gasteiger partial charge in [0.15, 0.2) is 0 Å². The summed E-state index contributed by atoms with van der Waals surface area (Å²) in [4.78, 5) is 19.1. The van der Waals surface area contributed by atoms with E-state index in [1.165, 1.54) is 13.3 Å².